The van der Waals surface area contributed by atoms with E-state index >= 15 is 0 Å². The predicted octanol–water partition coefficient (Wildman–Crippen LogP) is 16.1. The molecule has 0 aliphatic rings. The average Bonchev–Trinajstić information content (AvgIpc) is 3.10. The fourth-order valence-corrected chi connectivity index (χ4v) is 6.97. The standard InChI is InChI=1S/C46H90O3/c1-7-11-13-15-17-19-21-23-25-27-29-31-33-35-37-39-41-43(5)47-45(9-3)49-46(10-4)48-44(6)42-40-38-36-34-32-30-28-26-24-22-20-18-16-14-12-8-2/h9-10,43-46H,3-4,7-8,11-42H2,1-2,5-6H3. The second kappa shape index (κ2) is 40.1. The molecule has 0 bridgehead atoms. The second-order valence-corrected chi connectivity index (χ2v) is 15.4. The van der Waals surface area contributed by atoms with Crippen LogP contribution in [-0.4, -0.2) is 24.8 Å². The summed E-state index contributed by atoms with van der Waals surface area (Å²) in [5.41, 5.74) is 0. The van der Waals surface area contributed by atoms with Crippen LogP contribution < -0.4 is 0 Å². The minimum Gasteiger partial charge on any atom is -0.346 e. The Balaban J connectivity index is 3.69. The van der Waals surface area contributed by atoms with E-state index in [1.807, 2.05) is 0 Å². The van der Waals surface area contributed by atoms with Gasteiger partial charge in [-0.1, -0.05) is 232 Å². The number of rotatable bonds is 42. The maximum atomic E-state index is 6.16. The molecule has 0 N–H and O–H groups in total. The average molecular weight is 691 g/mol. The van der Waals surface area contributed by atoms with E-state index in [1.54, 1.807) is 12.2 Å². The molecule has 0 aliphatic heterocycles. The number of hydrogen-bond donors (Lipinski definition) is 0. The molecule has 0 rings (SSSR count). The van der Waals surface area contributed by atoms with Crippen molar-refractivity contribution in [1.82, 2.24) is 0 Å². The molecule has 4 atom stereocenters. The normalized spacial score (nSPS) is 14.1. The van der Waals surface area contributed by atoms with Gasteiger partial charge in [0.1, 0.15) is 0 Å². The van der Waals surface area contributed by atoms with Crippen LogP contribution in [-0.2, 0) is 14.2 Å². The summed E-state index contributed by atoms with van der Waals surface area (Å²) in [5.74, 6) is 0. The first-order valence-corrected chi connectivity index (χ1v) is 22.3. The van der Waals surface area contributed by atoms with E-state index in [4.69, 9.17) is 14.2 Å². The first-order chi connectivity index (χ1) is 24.1. The van der Waals surface area contributed by atoms with Gasteiger partial charge in [-0.3, -0.25) is 0 Å². The number of unbranched alkanes of at least 4 members (excludes halogenated alkanes) is 30. The Morgan fingerprint density at radius 1 is 0.327 bits per heavy atom. The highest BCUT2D eigenvalue weighted by molar-refractivity contribution is 4.79. The monoisotopic (exact) mass is 691 g/mol. The molecule has 0 fully saturated rings. The van der Waals surface area contributed by atoms with E-state index in [9.17, 15) is 0 Å². The summed E-state index contributed by atoms with van der Waals surface area (Å²) in [7, 11) is 0. The Bertz CT molecular complexity index is 594. The van der Waals surface area contributed by atoms with E-state index < -0.39 is 12.6 Å². The Morgan fingerprint density at radius 3 is 0.735 bits per heavy atom. The Hall–Kier alpha value is -0.640. The van der Waals surface area contributed by atoms with Gasteiger partial charge in [0.25, 0.3) is 0 Å². The molecule has 0 radical (unpaired) electrons. The zero-order valence-electron chi connectivity index (χ0n) is 34.1. The first kappa shape index (κ1) is 48.4. The Morgan fingerprint density at radius 2 is 0.531 bits per heavy atom. The molecule has 4 unspecified atom stereocenters. The lowest BCUT2D eigenvalue weighted by Crippen LogP contribution is -2.29. The zero-order valence-corrected chi connectivity index (χ0v) is 34.1. The van der Waals surface area contributed by atoms with Crippen LogP contribution >= 0.6 is 0 Å². The maximum absolute atomic E-state index is 6.16. The van der Waals surface area contributed by atoms with Crippen molar-refractivity contribution in [3.05, 3.63) is 25.3 Å². The van der Waals surface area contributed by atoms with Crippen molar-refractivity contribution in [2.45, 2.75) is 271 Å². The summed E-state index contributed by atoms with van der Waals surface area (Å²) in [6, 6.07) is 0. The smallest absolute Gasteiger partial charge is 0.180 e. The molecule has 292 valence electrons. The van der Waals surface area contributed by atoms with Gasteiger partial charge in [0.2, 0.25) is 0 Å². The lowest BCUT2D eigenvalue weighted by molar-refractivity contribution is -0.231. The van der Waals surface area contributed by atoms with Gasteiger partial charge >= 0.3 is 0 Å². The highest BCUT2D eigenvalue weighted by Gasteiger charge is 2.17. The molecule has 49 heavy (non-hydrogen) atoms. The summed E-state index contributed by atoms with van der Waals surface area (Å²) >= 11 is 0. The van der Waals surface area contributed by atoms with Crippen molar-refractivity contribution in [1.29, 1.82) is 0 Å². The molecular formula is C46H90O3. The third-order valence-electron chi connectivity index (χ3n) is 10.3. The molecule has 0 aromatic rings. The van der Waals surface area contributed by atoms with Gasteiger partial charge in [-0.05, 0) is 38.8 Å². The SMILES string of the molecule is C=CC(OC(C)CCCCCCCCCCCCCCCCCC)OC(C=C)OC(C)CCCCCCCCCCCCCCCCCC. The molecule has 0 saturated heterocycles. The van der Waals surface area contributed by atoms with E-state index in [0.29, 0.717) is 0 Å². The molecule has 0 aliphatic carbocycles. The van der Waals surface area contributed by atoms with Gasteiger partial charge in [-0.15, -0.1) is 0 Å². The molecule has 0 heterocycles. The van der Waals surface area contributed by atoms with E-state index in [2.05, 4.69) is 40.9 Å². The molecule has 3 nitrogen and oxygen atoms in total. The van der Waals surface area contributed by atoms with Crippen LogP contribution in [0.15, 0.2) is 25.3 Å². The van der Waals surface area contributed by atoms with Crippen LogP contribution in [0.1, 0.15) is 246 Å². The fourth-order valence-electron chi connectivity index (χ4n) is 6.97. The van der Waals surface area contributed by atoms with Crippen LogP contribution in [0.3, 0.4) is 0 Å². The minimum absolute atomic E-state index is 0.141. The molecule has 0 amide bonds. The molecule has 0 aromatic carbocycles. The zero-order chi connectivity index (χ0) is 35.9. The third kappa shape index (κ3) is 36.9. The van der Waals surface area contributed by atoms with Crippen molar-refractivity contribution in [3.8, 4) is 0 Å². The number of ether oxygens (including phenoxy) is 3. The van der Waals surface area contributed by atoms with Crippen molar-refractivity contribution in [2.75, 3.05) is 0 Å². The van der Waals surface area contributed by atoms with Gasteiger partial charge < -0.3 is 14.2 Å². The first-order valence-electron chi connectivity index (χ1n) is 22.3. The summed E-state index contributed by atoms with van der Waals surface area (Å²) < 4.78 is 18.4. The lowest BCUT2D eigenvalue weighted by Gasteiger charge is -2.26. The Kier molecular flexibility index (Phi) is 39.6. The highest BCUT2D eigenvalue weighted by atomic mass is 16.8. The van der Waals surface area contributed by atoms with Crippen LogP contribution in [0.5, 0.6) is 0 Å². The minimum atomic E-state index is -0.471. The largest absolute Gasteiger partial charge is 0.346 e. The Labute approximate surface area is 309 Å². The van der Waals surface area contributed by atoms with Crippen molar-refractivity contribution in [2.24, 2.45) is 0 Å². The van der Waals surface area contributed by atoms with Crippen LogP contribution in [0.25, 0.3) is 0 Å². The quantitative estimate of drug-likeness (QED) is 0.0362. The van der Waals surface area contributed by atoms with Gasteiger partial charge in [0.15, 0.2) is 12.6 Å². The van der Waals surface area contributed by atoms with E-state index in [-0.39, 0.29) is 12.2 Å². The molecule has 3 heteroatoms. The molecule has 0 saturated carbocycles. The fraction of sp³-hybridized carbons (Fsp3) is 0.913. The topological polar surface area (TPSA) is 27.7 Å². The molecule has 0 spiro atoms. The van der Waals surface area contributed by atoms with Gasteiger partial charge in [-0.2, -0.15) is 0 Å². The molecular weight excluding hydrogens is 601 g/mol. The van der Waals surface area contributed by atoms with Crippen molar-refractivity contribution >= 4 is 0 Å². The third-order valence-corrected chi connectivity index (χ3v) is 10.3. The summed E-state index contributed by atoms with van der Waals surface area (Å²) in [6.07, 6.45) is 49.7. The predicted molar refractivity (Wildman–Crippen MR) is 218 cm³/mol. The van der Waals surface area contributed by atoms with Crippen LogP contribution in [0, 0.1) is 0 Å². The van der Waals surface area contributed by atoms with Gasteiger partial charge in [0, 0.05) is 0 Å². The van der Waals surface area contributed by atoms with E-state index in [1.165, 1.54) is 205 Å². The lowest BCUT2D eigenvalue weighted by atomic mass is 10.0. The van der Waals surface area contributed by atoms with Crippen molar-refractivity contribution < 1.29 is 14.2 Å². The number of hydrogen-bond acceptors (Lipinski definition) is 3. The van der Waals surface area contributed by atoms with Crippen molar-refractivity contribution in [3.63, 3.8) is 0 Å². The summed E-state index contributed by atoms with van der Waals surface area (Å²) in [6.45, 7) is 16.8. The van der Waals surface area contributed by atoms with Gasteiger partial charge in [-0.25, -0.2) is 0 Å². The van der Waals surface area contributed by atoms with Crippen LogP contribution in [0.2, 0.25) is 0 Å². The maximum Gasteiger partial charge on any atom is 0.180 e. The summed E-state index contributed by atoms with van der Waals surface area (Å²) in [5, 5.41) is 0. The molecule has 0 aromatic heterocycles. The second-order valence-electron chi connectivity index (χ2n) is 15.4. The van der Waals surface area contributed by atoms with E-state index in [0.717, 1.165) is 12.8 Å². The van der Waals surface area contributed by atoms with Crippen LogP contribution in [0.4, 0.5) is 0 Å². The van der Waals surface area contributed by atoms with Gasteiger partial charge in [0.05, 0.1) is 12.2 Å². The summed E-state index contributed by atoms with van der Waals surface area (Å²) in [4.78, 5) is 0. The highest BCUT2D eigenvalue weighted by Crippen LogP contribution is 2.19.